The Labute approximate surface area is 223 Å². The first kappa shape index (κ1) is 26.1. The van der Waals surface area contributed by atoms with Crippen molar-refractivity contribution in [1.82, 2.24) is 15.0 Å². The molecular formula is C24H26ClN5O5S2. The summed E-state index contributed by atoms with van der Waals surface area (Å²) in [6.45, 7) is 2.57. The van der Waals surface area contributed by atoms with E-state index in [2.05, 4.69) is 20.3 Å². The number of carbonyl (C=O) groups excluding carboxylic acids is 1. The topological polar surface area (TPSA) is 146 Å². The van der Waals surface area contributed by atoms with Crippen molar-refractivity contribution >= 4 is 44.8 Å². The van der Waals surface area contributed by atoms with E-state index in [1.54, 1.807) is 6.20 Å². The van der Waals surface area contributed by atoms with E-state index in [1.807, 2.05) is 19.1 Å². The Bertz CT molecular complexity index is 1430. The van der Waals surface area contributed by atoms with Crippen molar-refractivity contribution in [3.63, 3.8) is 0 Å². The van der Waals surface area contributed by atoms with Crippen LogP contribution in [0.5, 0.6) is 0 Å². The van der Waals surface area contributed by atoms with Gasteiger partial charge in [0.05, 0.1) is 23.7 Å². The number of aryl methyl sites for hydroxylation is 1. The van der Waals surface area contributed by atoms with Gasteiger partial charge in [0.25, 0.3) is 0 Å². The first-order valence-corrected chi connectivity index (χ1v) is 14.5. The first-order chi connectivity index (χ1) is 17.7. The van der Waals surface area contributed by atoms with Gasteiger partial charge in [-0.25, -0.2) is 20.1 Å². The van der Waals surface area contributed by atoms with E-state index in [0.717, 1.165) is 40.8 Å². The molecule has 0 radical (unpaired) electrons. The van der Waals surface area contributed by atoms with Crippen LogP contribution in [0.15, 0.2) is 30.9 Å². The molecule has 0 amide bonds. The first-order valence-electron chi connectivity index (χ1n) is 11.8. The van der Waals surface area contributed by atoms with Gasteiger partial charge in [-0.05, 0) is 67.3 Å². The summed E-state index contributed by atoms with van der Waals surface area (Å²) in [6, 6.07) is 3.72. The minimum atomic E-state index is -3.97. The number of hydrogen-bond donors (Lipinski definition) is 2. The summed E-state index contributed by atoms with van der Waals surface area (Å²) in [7, 11) is -3.97. The molecule has 3 N–H and O–H groups in total. The molecule has 0 aromatic carbocycles. The zero-order chi connectivity index (χ0) is 26.2. The minimum Gasteiger partial charge on any atom is -0.368 e. The highest BCUT2D eigenvalue weighted by Gasteiger charge is 2.30. The number of carbonyl (C=O) groups is 1. The molecule has 3 aromatic rings. The lowest BCUT2D eigenvalue weighted by Gasteiger charge is -2.26. The van der Waals surface area contributed by atoms with Crippen LogP contribution in [0.3, 0.4) is 0 Å². The van der Waals surface area contributed by atoms with Crippen molar-refractivity contribution in [2.75, 3.05) is 18.5 Å². The van der Waals surface area contributed by atoms with E-state index < -0.39 is 10.3 Å². The molecule has 0 bridgehead atoms. The molecule has 1 saturated carbocycles. The molecule has 4 heterocycles. The van der Waals surface area contributed by atoms with Crippen LogP contribution in [0.4, 0.5) is 5.82 Å². The smallest absolute Gasteiger partial charge is 0.333 e. The van der Waals surface area contributed by atoms with Gasteiger partial charge in [-0.15, -0.1) is 11.3 Å². The maximum atomic E-state index is 13.6. The number of nitrogens with one attached hydrogen (secondary N) is 1. The van der Waals surface area contributed by atoms with Crippen LogP contribution in [-0.2, 0) is 25.6 Å². The molecule has 0 saturated heterocycles. The lowest BCUT2D eigenvalue weighted by molar-refractivity contribution is 0.0695. The monoisotopic (exact) mass is 563 g/mol. The molecule has 1 fully saturated rings. The summed E-state index contributed by atoms with van der Waals surface area (Å²) in [6.07, 6.45) is 7.37. The van der Waals surface area contributed by atoms with Gasteiger partial charge < -0.3 is 10.1 Å². The second-order valence-electron chi connectivity index (χ2n) is 9.24. The summed E-state index contributed by atoms with van der Waals surface area (Å²) >= 11 is 7.56. The lowest BCUT2D eigenvalue weighted by atomic mass is 9.94. The number of aromatic nitrogens is 3. The van der Waals surface area contributed by atoms with Gasteiger partial charge in [-0.1, -0.05) is 11.6 Å². The van der Waals surface area contributed by atoms with Gasteiger partial charge in [0.1, 0.15) is 23.4 Å². The maximum Gasteiger partial charge on any atom is 0.333 e. The van der Waals surface area contributed by atoms with Crippen LogP contribution in [0.2, 0.25) is 5.15 Å². The van der Waals surface area contributed by atoms with E-state index in [9.17, 15) is 13.2 Å². The molecule has 2 aliphatic rings. The Kier molecular flexibility index (Phi) is 7.57. The molecular weight excluding hydrogens is 538 g/mol. The molecule has 196 valence electrons. The quantitative estimate of drug-likeness (QED) is 0.310. The van der Waals surface area contributed by atoms with Gasteiger partial charge in [0.2, 0.25) is 5.78 Å². The molecule has 37 heavy (non-hydrogen) atoms. The molecule has 10 nitrogen and oxygen atoms in total. The van der Waals surface area contributed by atoms with Crippen LogP contribution in [-0.4, -0.2) is 48.4 Å². The summed E-state index contributed by atoms with van der Waals surface area (Å²) in [5.74, 6) is 0.308. The Morgan fingerprint density at radius 3 is 2.92 bits per heavy atom. The second kappa shape index (κ2) is 10.7. The predicted octanol–water partition coefficient (Wildman–Crippen LogP) is 3.59. The van der Waals surface area contributed by atoms with E-state index in [0.29, 0.717) is 34.4 Å². The number of ketones is 1. The molecule has 13 heteroatoms. The molecule has 5 rings (SSSR count). The summed E-state index contributed by atoms with van der Waals surface area (Å²) in [4.78, 5) is 27.7. The highest BCUT2D eigenvalue weighted by atomic mass is 35.5. The SMILES string of the molecule is Cc1sc(C(=O)c2cncnc2N[C@H]2CC[C@@H](COS(N)(=O)=O)C2)cc1C1OCCc2cnc(Cl)cc21. The van der Waals surface area contributed by atoms with Crippen molar-refractivity contribution in [1.29, 1.82) is 0 Å². The average molecular weight is 564 g/mol. The van der Waals surface area contributed by atoms with Crippen molar-refractivity contribution < 1.29 is 22.1 Å². The van der Waals surface area contributed by atoms with Gasteiger partial charge in [0, 0.05) is 23.3 Å². The van der Waals surface area contributed by atoms with E-state index >= 15 is 0 Å². The van der Waals surface area contributed by atoms with Crippen LogP contribution in [0, 0.1) is 12.8 Å². The summed E-state index contributed by atoms with van der Waals surface area (Å²) in [5, 5.41) is 8.68. The fourth-order valence-corrected chi connectivity index (χ4v) is 6.46. The number of nitrogens with two attached hydrogens (primary N) is 1. The number of halogens is 1. The van der Waals surface area contributed by atoms with E-state index in [4.69, 9.17) is 25.7 Å². The third-order valence-corrected chi connectivity index (χ3v) is 8.43. The fourth-order valence-electron chi connectivity index (χ4n) is 4.91. The Hall–Kier alpha value is -2.48. The van der Waals surface area contributed by atoms with Gasteiger partial charge in [0.15, 0.2) is 0 Å². The number of fused-ring (bicyclic) bond motifs is 1. The third-order valence-electron chi connectivity index (χ3n) is 6.70. The largest absolute Gasteiger partial charge is 0.368 e. The van der Waals surface area contributed by atoms with Crippen molar-refractivity contribution in [3.8, 4) is 0 Å². The molecule has 1 unspecified atom stereocenters. The molecule has 1 aliphatic heterocycles. The average Bonchev–Trinajstić information content (AvgIpc) is 3.48. The highest BCUT2D eigenvalue weighted by molar-refractivity contribution is 7.84. The fraction of sp³-hybridized carbons (Fsp3) is 0.417. The minimum absolute atomic E-state index is 0.0154. The van der Waals surface area contributed by atoms with Crippen LogP contribution in [0.1, 0.15) is 62.2 Å². The van der Waals surface area contributed by atoms with Crippen LogP contribution in [0.25, 0.3) is 0 Å². The number of pyridine rings is 1. The summed E-state index contributed by atoms with van der Waals surface area (Å²) in [5.41, 5.74) is 3.36. The molecule has 3 atom stereocenters. The molecule has 1 aliphatic carbocycles. The Morgan fingerprint density at radius 2 is 2.11 bits per heavy atom. The second-order valence-corrected chi connectivity index (χ2v) is 12.1. The normalized spacial score (nSPS) is 21.5. The van der Waals surface area contributed by atoms with E-state index in [1.165, 1.54) is 23.9 Å². The van der Waals surface area contributed by atoms with Crippen molar-refractivity contribution in [3.05, 3.63) is 68.0 Å². The standard InChI is InChI=1S/C24H26ClN5O5S2/c1-13-17(23-18-8-21(25)28-9-15(18)4-5-34-23)7-20(36-13)22(31)19-10-27-12-29-24(19)30-16-3-2-14(6-16)11-35-37(26,32)33/h7-10,12,14,16,23H,2-6,11H2,1H3,(H2,26,32,33)(H,27,29,30)/t14-,16+,23?/m1/s1. The highest BCUT2D eigenvalue weighted by Crippen LogP contribution is 2.39. The number of anilines is 1. The number of ether oxygens (including phenoxy) is 1. The van der Waals surface area contributed by atoms with Crippen molar-refractivity contribution in [2.24, 2.45) is 11.1 Å². The zero-order valence-electron chi connectivity index (χ0n) is 20.0. The molecule has 0 spiro atoms. The Morgan fingerprint density at radius 1 is 1.27 bits per heavy atom. The molecule has 3 aromatic heterocycles. The van der Waals surface area contributed by atoms with Crippen molar-refractivity contribution in [2.45, 2.75) is 44.8 Å². The van der Waals surface area contributed by atoms with Gasteiger partial charge in [-0.3, -0.25) is 8.98 Å². The van der Waals surface area contributed by atoms with Gasteiger partial charge >= 0.3 is 10.3 Å². The van der Waals surface area contributed by atoms with E-state index in [-0.39, 0.29) is 30.5 Å². The number of thiophene rings is 1. The summed E-state index contributed by atoms with van der Waals surface area (Å²) < 4.78 is 33.0. The number of nitrogens with zero attached hydrogens (tertiary/aromatic N) is 3. The maximum absolute atomic E-state index is 13.6. The van der Waals surface area contributed by atoms with Crippen LogP contribution < -0.4 is 10.5 Å². The Balaban J connectivity index is 1.34. The lowest BCUT2D eigenvalue weighted by Crippen LogP contribution is -2.22. The van der Waals surface area contributed by atoms with Gasteiger partial charge in [-0.2, -0.15) is 8.42 Å². The predicted molar refractivity (Wildman–Crippen MR) is 139 cm³/mol. The third kappa shape index (κ3) is 6.00. The number of rotatable bonds is 8. The van der Waals surface area contributed by atoms with Crippen LogP contribution >= 0.6 is 22.9 Å². The number of hydrogen-bond acceptors (Lipinski definition) is 10. The zero-order valence-corrected chi connectivity index (χ0v) is 22.4.